The van der Waals surface area contributed by atoms with Crippen LogP contribution in [0.1, 0.15) is 18.9 Å². The minimum Gasteiger partial charge on any atom is -0.382 e. The smallest absolute Gasteiger partial charge is 0.208 e. The van der Waals surface area contributed by atoms with E-state index in [1.54, 1.807) is 0 Å². The van der Waals surface area contributed by atoms with E-state index in [0.29, 0.717) is 12.5 Å². The van der Waals surface area contributed by atoms with Gasteiger partial charge in [-0.15, -0.1) is 0 Å². The van der Waals surface area contributed by atoms with Crippen LogP contribution in [0.3, 0.4) is 0 Å². The zero-order valence-electron chi connectivity index (χ0n) is 12.1. The molecule has 1 aromatic rings. The largest absolute Gasteiger partial charge is 0.382 e. The van der Waals surface area contributed by atoms with Crippen LogP contribution in [0.2, 0.25) is 0 Å². The van der Waals surface area contributed by atoms with Crippen molar-refractivity contribution < 1.29 is 4.74 Å². The molecule has 0 aromatic heterocycles. The van der Waals surface area contributed by atoms with Crippen LogP contribution < -0.4 is 11.3 Å². The first-order valence-electron chi connectivity index (χ1n) is 6.72. The van der Waals surface area contributed by atoms with Crippen LogP contribution in [-0.2, 0) is 11.3 Å². The third-order valence-corrected chi connectivity index (χ3v) is 3.54. The highest BCUT2D eigenvalue weighted by Crippen LogP contribution is 2.17. The van der Waals surface area contributed by atoms with E-state index < -0.39 is 0 Å². The molecule has 0 bridgehead atoms. The molecule has 20 heavy (non-hydrogen) atoms. The van der Waals surface area contributed by atoms with Crippen LogP contribution in [0.25, 0.3) is 0 Å². The van der Waals surface area contributed by atoms with Gasteiger partial charge in [-0.25, -0.2) is 5.84 Å². The normalized spacial score (nSPS) is 11.5. The molecule has 0 aliphatic rings. The van der Waals surface area contributed by atoms with Gasteiger partial charge in [0.25, 0.3) is 0 Å². The summed E-state index contributed by atoms with van der Waals surface area (Å²) in [6, 6.07) is 8.11. The average molecular weight is 343 g/mol. The quantitative estimate of drug-likeness (QED) is 0.262. The van der Waals surface area contributed by atoms with Crippen LogP contribution in [0, 0.1) is 0 Å². The molecule has 0 atom stereocenters. The van der Waals surface area contributed by atoms with E-state index >= 15 is 0 Å². The number of halogens is 1. The molecule has 0 saturated heterocycles. The third kappa shape index (κ3) is 5.90. The van der Waals surface area contributed by atoms with Crippen LogP contribution in [0.4, 0.5) is 0 Å². The molecule has 0 saturated carbocycles. The Morgan fingerprint density at radius 1 is 1.45 bits per heavy atom. The average Bonchev–Trinajstić information content (AvgIpc) is 2.45. The zero-order valence-corrected chi connectivity index (χ0v) is 13.7. The van der Waals surface area contributed by atoms with Gasteiger partial charge in [-0.3, -0.25) is 10.4 Å². The van der Waals surface area contributed by atoms with Crippen LogP contribution in [0.15, 0.2) is 33.7 Å². The number of nitrogens with zero attached hydrogens (tertiary/aromatic N) is 2. The SMILES string of the molecule is CCOCCCN=C(NN)N(C)Cc1ccccc1Br. The number of benzene rings is 1. The summed E-state index contributed by atoms with van der Waals surface area (Å²) in [4.78, 5) is 6.44. The highest BCUT2D eigenvalue weighted by Gasteiger charge is 2.07. The van der Waals surface area contributed by atoms with Gasteiger partial charge in [0.1, 0.15) is 0 Å². The number of hydrazine groups is 1. The van der Waals surface area contributed by atoms with Crippen molar-refractivity contribution in [3.8, 4) is 0 Å². The number of nitrogens with two attached hydrogens (primary N) is 1. The highest BCUT2D eigenvalue weighted by molar-refractivity contribution is 9.10. The molecule has 0 aliphatic carbocycles. The third-order valence-electron chi connectivity index (χ3n) is 2.77. The van der Waals surface area contributed by atoms with E-state index in [0.717, 1.165) is 30.7 Å². The van der Waals surface area contributed by atoms with Gasteiger partial charge in [0.05, 0.1) is 0 Å². The number of nitrogens with one attached hydrogen (secondary N) is 1. The first-order valence-corrected chi connectivity index (χ1v) is 7.51. The van der Waals surface area contributed by atoms with Crippen molar-refractivity contribution in [3.63, 3.8) is 0 Å². The van der Waals surface area contributed by atoms with Crippen LogP contribution in [-0.4, -0.2) is 37.7 Å². The second-order valence-corrected chi connectivity index (χ2v) is 5.20. The summed E-state index contributed by atoms with van der Waals surface area (Å²) < 4.78 is 6.36. The molecule has 0 fully saturated rings. The molecule has 112 valence electrons. The van der Waals surface area contributed by atoms with E-state index in [9.17, 15) is 0 Å². The molecule has 5 nitrogen and oxygen atoms in total. The van der Waals surface area contributed by atoms with E-state index in [2.05, 4.69) is 32.4 Å². The van der Waals surface area contributed by atoms with Crippen molar-refractivity contribution in [3.05, 3.63) is 34.3 Å². The first kappa shape index (κ1) is 16.9. The molecule has 1 aromatic carbocycles. The fraction of sp³-hybridized carbons (Fsp3) is 0.500. The molecule has 0 radical (unpaired) electrons. The summed E-state index contributed by atoms with van der Waals surface area (Å²) in [5.74, 6) is 6.22. The summed E-state index contributed by atoms with van der Waals surface area (Å²) >= 11 is 3.54. The van der Waals surface area contributed by atoms with Gasteiger partial charge in [0.2, 0.25) is 5.96 Å². The zero-order chi connectivity index (χ0) is 14.8. The molecule has 0 aliphatic heterocycles. The van der Waals surface area contributed by atoms with Crippen molar-refractivity contribution in [2.45, 2.75) is 19.9 Å². The molecule has 0 heterocycles. The van der Waals surface area contributed by atoms with Crippen LogP contribution >= 0.6 is 15.9 Å². The fourth-order valence-corrected chi connectivity index (χ4v) is 2.14. The minimum atomic E-state index is 0.678. The Hall–Kier alpha value is -1.11. The Labute approximate surface area is 129 Å². The molecule has 6 heteroatoms. The topological polar surface area (TPSA) is 62.9 Å². The van der Waals surface area contributed by atoms with Gasteiger partial charge in [-0.05, 0) is 25.0 Å². The fourth-order valence-electron chi connectivity index (χ4n) is 1.73. The maximum absolute atomic E-state index is 5.54. The number of ether oxygens (including phenoxy) is 1. The standard InChI is InChI=1S/C14H23BrN4O/c1-3-20-10-6-9-17-14(18-16)19(2)11-12-7-4-5-8-13(12)15/h4-5,7-8H,3,6,9-11,16H2,1-2H3,(H,17,18). The lowest BCUT2D eigenvalue weighted by Crippen LogP contribution is -2.42. The van der Waals surface area contributed by atoms with Gasteiger partial charge in [0, 0.05) is 37.8 Å². The maximum atomic E-state index is 5.54. The lowest BCUT2D eigenvalue weighted by molar-refractivity contribution is 0.146. The van der Waals surface area contributed by atoms with Gasteiger partial charge in [-0.2, -0.15) is 0 Å². The van der Waals surface area contributed by atoms with Gasteiger partial charge >= 0.3 is 0 Å². The summed E-state index contributed by atoms with van der Waals surface area (Å²) in [6.45, 7) is 4.89. The summed E-state index contributed by atoms with van der Waals surface area (Å²) in [5.41, 5.74) is 3.84. The molecule has 0 spiro atoms. The molecular formula is C14H23BrN4O. The Morgan fingerprint density at radius 3 is 2.85 bits per heavy atom. The first-order chi connectivity index (χ1) is 9.69. The van der Waals surface area contributed by atoms with Crippen molar-refractivity contribution in [2.24, 2.45) is 10.8 Å². The Morgan fingerprint density at radius 2 is 2.20 bits per heavy atom. The Kier molecular flexibility index (Phi) is 8.25. The minimum absolute atomic E-state index is 0.678. The summed E-state index contributed by atoms with van der Waals surface area (Å²) in [6.07, 6.45) is 0.891. The Balaban J connectivity index is 2.52. The number of rotatable bonds is 7. The number of hydrogen-bond donors (Lipinski definition) is 2. The summed E-state index contributed by atoms with van der Waals surface area (Å²) in [7, 11) is 1.96. The molecule has 3 N–H and O–H groups in total. The molecule has 0 unspecified atom stereocenters. The van der Waals surface area contributed by atoms with Crippen molar-refractivity contribution in [2.75, 3.05) is 26.8 Å². The van der Waals surface area contributed by atoms with E-state index in [1.165, 1.54) is 5.56 Å². The van der Waals surface area contributed by atoms with Crippen LogP contribution in [0.5, 0.6) is 0 Å². The van der Waals surface area contributed by atoms with E-state index in [-0.39, 0.29) is 0 Å². The molecule has 0 amide bonds. The Bertz CT molecular complexity index is 425. The number of guanidine groups is 1. The molecular weight excluding hydrogens is 320 g/mol. The number of hydrogen-bond acceptors (Lipinski definition) is 3. The maximum Gasteiger partial charge on any atom is 0.208 e. The van der Waals surface area contributed by atoms with Gasteiger partial charge < -0.3 is 9.64 Å². The number of aliphatic imine (C=N–C) groups is 1. The lowest BCUT2D eigenvalue weighted by Gasteiger charge is -2.21. The van der Waals surface area contributed by atoms with E-state index in [4.69, 9.17) is 10.6 Å². The summed E-state index contributed by atoms with van der Waals surface area (Å²) in [5, 5.41) is 0. The second-order valence-electron chi connectivity index (χ2n) is 4.35. The van der Waals surface area contributed by atoms with Crippen molar-refractivity contribution in [1.82, 2.24) is 10.3 Å². The highest BCUT2D eigenvalue weighted by atomic mass is 79.9. The van der Waals surface area contributed by atoms with Gasteiger partial charge in [0.15, 0.2) is 0 Å². The lowest BCUT2D eigenvalue weighted by atomic mass is 10.2. The molecule has 1 rings (SSSR count). The second kappa shape index (κ2) is 9.74. The predicted molar refractivity (Wildman–Crippen MR) is 86.3 cm³/mol. The van der Waals surface area contributed by atoms with Crippen molar-refractivity contribution in [1.29, 1.82) is 0 Å². The van der Waals surface area contributed by atoms with Gasteiger partial charge in [-0.1, -0.05) is 34.1 Å². The van der Waals surface area contributed by atoms with E-state index in [1.807, 2.05) is 37.1 Å². The predicted octanol–water partition coefficient (Wildman–Crippen LogP) is 2.13. The van der Waals surface area contributed by atoms with Crippen molar-refractivity contribution >= 4 is 21.9 Å². The monoisotopic (exact) mass is 342 g/mol.